The molecule has 1 amide bonds. The zero-order valence-corrected chi connectivity index (χ0v) is 13.2. The van der Waals surface area contributed by atoms with E-state index in [4.69, 9.17) is 9.47 Å². The molecule has 2 rings (SSSR count). The van der Waals surface area contributed by atoms with Crippen molar-refractivity contribution in [3.63, 3.8) is 0 Å². The van der Waals surface area contributed by atoms with Gasteiger partial charge in [-0.1, -0.05) is 13.3 Å². The molecule has 4 heteroatoms. The van der Waals surface area contributed by atoms with Gasteiger partial charge in [-0.3, -0.25) is 4.79 Å². The van der Waals surface area contributed by atoms with Crippen LogP contribution in [0.4, 0.5) is 0 Å². The van der Waals surface area contributed by atoms with Crippen LogP contribution in [0.1, 0.15) is 52.9 Å². The fraction of sp³-hybridized carbons (Fsp3) is 0.938. The molecule has 0 saturated carbocycles. The lowest BCUT2D eigenvalue weighted by Crippen LogP contribution is -2.47. The molecule has 1 atom stereocenters. The first-order valence-electron chi connectivity index (χ1n) is 7.96. The lowest BCUT2D eigenvalue weighted by molar-refractivity contribution is -0.146. The van der Waals surface area contributed by atoms with Crippen molar-refractivity contribution in [1.82, 2.24) is 4.90 Å². The lowest BCUT2D eigenvalue weighted by atomic mass is 9.69. The monoisotopic (exact) mass is 283 g/mol. The van der Waals surface area contributed by atoms with Gasteiger partial charge in [0.2, 0.25) is 5.91 Å². The summed E-state index contributed by atoms with van der Waals surface area (Å²) >= 11 is 0. The Morgan fingerprint density at radius 1 is 1.20 bits per heavy atom. The van der Waals surface area contributed by atoms with Gasteiger partial charge in [0.25, 0.3) is 0 Å². The van der Waals surface area contributed by atoms with Crippen LogP contribution in [0, 0.1) is 5.41 Å². The van der Waals surface area contributed by atoms with Crippen LogP contribution < -0.4 is 0 Å². The number of hydrogen-bond donors (Lipinski definition) is 0. The normalized spacial score (nSPS) is 30.2. The van der Waals surface area contributed by atoms with Crippen molar-refractivity contribution in [2.45, 2.75) is 58.5 Å². The highest BCUT2D eigenvalue weighted by atomic mass is 16.5. The van der Waals surface area contributed by atoms with Crippen molar-refractivity contribution in [2.75, 3.05) is 32.9 Å². The van der Waals surface area contributed by atoms with Crippen LogP contribution in [0.2, 0.25) is 0 Å². The minimum Gasteiger partial charge on any atom is -0.378 e. The van der Waals surface area contributed by atoms with Gasteiger partial charge in [0.05, 0.1) is 18.8 Å². The molecule has 0 radical (unpaired) electrons. The first kappa shape index (κ1) is 15.8. The summed E-state index contributed by atoms with van der Waals surface area (Å²) in [6, 6.07) is 0. The van der Waals surface area contributed by atoms with Gasteiger partial charge in [-0.15, -0.1) is 0 Å². The Labute approximate surface area is 122 Å². The topological polar surface area (TPSA) is 38.8 Å². The third-order valence-corrected chi connectivity index (χ3v) is 4.60. The summed E-state index contributed by atoms with van der Waals surface area (Å²) in [7, 11) is 0. The van der Waals surface area contributed by atoms with Gasteiger partial charge in [0.1, 0.15) is 0 Å². The zero-order valence-electron chi connectivity index (χ0n) is 13.2. The summed E-state index contributed by atoms with van der Waals surface area (Å²) in [6.07, 6.45) is 4.93. The first-order valence-corrected chi connectivity index (χ1v) is 7.96. The van der Waals surface area contributed by atoms with Gasteiger partial charge < -0.3 is 14.4 Å². The molecule has 2 aliphatic rings. The number of carbonyl (C=O) groups excluding carboxylic acids is 1. The second-order valence-electron chi connectivity index (χ2n) is 6.95. The highest BCUT2D eigenvalue weighted by Gasteiger charge is 2.42. The second-order valence-corrected chi connectivity index (χ2v) is 6.95. The average molecular weight is 283 g/mol. The summed E-state index contributed by atoms with van der Waals surface area (Å²) in [5.74, 6) is 0.305. The Kier molecular flexibility index (Phi) is 5.08. The maximum absolute atomic E-state index is 12.6. The van der Waals surface area contributed by atoms with Crippen molar-refractivity contribution in [2.24, 2.45) is 5.41 Å². The SMILES string of the molecule is CCC[C@]1(CC(=O)N2CCOCC2)CCOC(C)(C)C1. The number of hydrogen-bond acceptors (Lipinski definition) is 3. The second kappa shape index (κ2) is 6.44. The maximum atomic E-state index is 12.6. The number of amides is 1. The Morgan fingerprint density at radius 2 is 1.90 bits per heavy atom. The van der Waals surface area contributed by atoms with Gasteiger partial charge >= 0.3 is 0 Å². The van der Waals surface area contributed by atoms with Crippen LogP contribution in [0.15, 0.2) is 0 Å². The Hall–Kier alpha value is -0.610. The third kappa shape index (κ3) is 3.95. The first-order chi connectivity index (χ1) is 9.46. The summed E-state index contributed by atoms with van der Waals surface area (Å²) in [4.78, 5) is 14.6. The van der Waals surface area contributed by atoms with E-state index in [2.05, 4.69) is 20.8 Å². The molecule has 20 heavy (non-hydrogen) atoms. The van der Waals surface area contributed by atoms with E-state index < -0.39 is 0 Å². The van der Waals surface area contributed by atoms with Crippen molar-refractivity contribution in [1.29, 1.82) is 0 Å². The van der Waals surface area contributed by atoms with E-state index in [1.54, 1.807) is 0 Å². The largest absolute Gasteiger partial charge is 0.378 e. The summed E-state index contributed by atoms with van der Waals surface area (Å²) in [5.41, 5.74) is 0.0323. The van der Waals surface area contributed by atoms with E-state index in [1.165, 1.54) is 0 Å². The summed E-state index contributed by atoms with van der Waals surface area (Å²) in [6.45, 7) is 10.2. The molecule has 4 nitrogen and oxygen atoms in total. The van der Waals surface area contributed by atoms with E-state index in [0.717, 1.165) is 45.4 Å². The molecule has 0 spiro atoms. The van der Waals surface area contributed by atoms with Crippen molar-refractivity contribution < 1.29 is 14.3 Å². The molecular formula is C16H29NO3. The highest BCUT2D eigenvalue weighted by molar-refractivity contribution is 5.77. The van der Waals surface area contributed by atoms with Crippen LogP contribution in [0.25, 0.3) is 0 Å². The Balaban J connectivity index is 2.02. The molecule has 2 aliphatic heterocycles. The van der Waals surface area contributed by atoms with Crippen LogP contribution in [-0.2, 0) is 14.3 Å². The standard InChI is InChI=1S/C16H29NO3/c1-4-5-16(6-9-20-15(2,3)13-16)12-14(18)17-7-10-19-11-8-17/h4-13H2,1-3H3/t16-/m1/s1. The summed E-state index contributed by atoms with van der Waals surface area (Å²) in [5, 5.41) is 0. The molecule has 2 saturated heterocycles. The van der Waals surface area contributed by atoms with Crippen LogP contribution in [-0.4, -0.2) is 49.3 Å². The third-order valence-electron chi connectivity index (χ3n) is 4.60. The van der Waals surface area contributed by atoms with E-state index in [9.17, 15) is 4.79 Å². The van der Waals surface area contributed by atoms with Gasteiger partial charge in [-0.25, -0.2) is 0 Å². The maximum Gasteiger partial charge on any atom is 0.223 e. The highest BCUT2D eigenvalue weighted by Crippen LogP contribution is 2.45. The number of ether oxygens (including phenoxy) is 2. The smallest absolute Gasteiger partial charge is 0.223 e. The molecule has 0 bridgehead atoms. The molecule has 116 valence electrons. The lowest BCUT2D eigenvalue weighted by Gasteiger charge is -2.45. The van der Waals surface area contributed by atoms with E-state index >= 15 is 0 Å². The van der Waals surface area contributed by atoms with Gasteiger partial charge in [0.15, 0.2) is 0 Å². The molecule has 0 aromatic rings. The fourth-order valence-electron chi connectivity index (χ4n) is 3.81. The van der Waals surface area contributed by atoms with Crippen molar-refractivity contribution in [3.05, 3.63) is 0 Å². The van der Waals surface area contributed by atoms with E-state index in [1.807, 2.05) is 4.90 Å². The molecule has 2 heterocycles. The number of nitrogens with zero attached hydrogens (tertiary/aromatic N) is 1. The van der Waals surface area contributed by atoms with E-state index in [-0.39, 0.29) is 11.0 Å². The predicted molar refractivity (Wildman–Crippen MR) is 78.6 cm³/mol. The number of carbonyl (C=O) groups is 1. The molecule has 0 N–H and O–H groups in total. The van der Waals surface area contributed by atoms with Crippen LogP contribution >= 0.6 is 0 Å². The number of morpholine rings is 1. The Bertz CT molecular complexity index is 333. The van der Waals surface area contributed by atoms with Crippen LogP contribution in [0.3, 0.4) is 0 Å². The molecule has 0 aromatic carbocycles. The van der Waals surface area contributed by atoms with Crippen LogP contribution in [0.5, 0.6) is 0 Å². The summed E-state index contributed by atoms with van der Waals surface area (Å²) < 4.78 is 11.2. The Morgan fingerprint density at radius 3 is 2.50 bits per heavy atom. The minimum atomic E-state index is -0.0985. The quantitative estimate of drug-likeness (QED) is 0.796. The molecular weight excluding hydrogens is 254 g/mol. The van der Waals surface area contributed by atoms with Gasteiger partial charge in [-0.2, -0.15) is 0 Å². The zero-order chi connectivity index (χ0) is 14.6. The molecule has 0 aliphatic carbocycles. The van der Waals surface area contributed by atoms with Gasteiger partial charge in [-0.05, 0) is 38.5 Å². The van der Waals surface area contributed by atoms with Gasteiger partial charge in [0, 0.05) is 26.1 Å². The van der Waals surface area contributed by atoms with Crippen molar-refractivity contribution >= 4 is 5.91 Å². The molecule has 0 unspecified atom stereocenters. The minimum absolute atomic E-state index is 0.0985. The average Bonchev–Trinajstić information content (AvgIpc) is 2.38. The molecule has 0 aromatic heterocycles. The fourth-order valence-corrected chi connectivity index (χ4v) is 3.81. The predicted octanol–water partition coefficient (Wildman–Crippen LogP) is 2.61. The van der Waals surface area contributed by atoms with E-state index in [0.29, 0.717) is 25.5 Å². The van der Waals surface area contributed by atoms with Crippen molar-refractivity contribution in [3.8, 4) is 0 Å². The molecule has 2 fully saturated rings. The number of rotatable bonds is 4.